The molecule has 0 aliphatic carbocycles. The van der Waals surface area contributed by atoms with E-state index in [4.69, 9.17) is 16.3 Å². The predicted octanol–water partition coefficient (Wildman–Crippen LogP) is 3.21. The number of esters is 1. The quantitative estimate of drug-likeness (QED) is 0.640. The number of aromatic nitrogens is 2. The van der Waals surface area contributed by atoms with Gasteiger partial charge >= 0.3 is 5.97 Å². The summed E-state index contributed by atoms with van der Waals surface area (Å²) in [4.78, 5) is 20.0. The number of nitrogens with zero attached hydrogens (tertiary/aromatic N) is 2. The van der Waals surface area contributed by atoms with Crippen LogP contribution in [0.2, 0.25) is 5.02 Å². The van der Waals surface area contributed by atoms with E-state index in [0.717, 1.165) is 5.03 Å². The molecule has 4 nitrogen and oxygen atoms in total. The largest absolute Gasteiger partial charge is 0.465 e. The number of hydrogen-bond donors (Lipinski definition) is 0. The molecule has 6 heteroatoms. The Bertz CT molecular complexity index is 575. The van der Waals surface area contributed by atoms with Gasteiger partial charge in [-0.2, -0.15) is 0 Å². The van der Waals surface area contributed by atoms with Gasteiger partial charge in [-0.1, -0.05) is 11.6 Å². The first-order valence-electron chi connectivity index (χ1n) is 5.47. The summed E-state index contributed by atoms with van der Waals surface area (Å²) in [5.74, 6) is 0.160. The maximum absolute atomic E-state index is 11.6. The average Bonchev–Trinajstić information content (AvgIpc) is 2.46. The second-order valence-corrected chi connectivity index (χ2v) is 5.02. The highest BCUT2D eigenvalue weighted by Crippen LogP contribution is 2.22. The lowest BCUT2D eigenvalue weighted by molar-refractivity contribution is 0.0599. The van der Waals surface area contributed by atoms with E-state index >= 15 is 0 Å². The number of ether oxygens (including phenoxy) is 1. The SMILES string of the molecule is COC(=O)c1cccnc1CSc1ccc(Cl)cn1. The monoisotopic (exact) mass is 294 g/mol. The summed E-state index contributed by atoms with van der Waals surface area (Å²) in [5, 5.41) is 1.42. The van der Waals surface area contributed by atoms with Crippen LogP contribution in [0.3, 0.4) is 0 Å². The Morgan fingerprint density at radius 3 is 2.89 bits per heavy atom. The molecular weight excluding hydrogens is 284 g/mol. The highest BCUT2D eigenvalue weighted by molar-refractivity contribution is 7.98. The third kappa shape index (κ3) is 3.68. The maximum atomic E-state index is 11.6. The molecule has 2 aromatic heterocycles. The van der Waals surface area contributed by atoms with Crippen molar-refractivity contribution in [2.75, 3.05) is 7.11 Å². The zero-order chi connectivity index (χ0) is 13.7. The fraction of sp³-hybridized carbons (Fsp3) is 0.154. The van der Waals surface area contributed by atoms with Crippen LogP contribution >= 0.6 is 23.4 Å². The predicted molar refractivity (Wildman–Crippen MR) is 74.4 cm³/mol. The van der Waals surface area contributed by atoms with Crippen LogP contribution in [0.25, 0.3) is 0 Å². The van der Waals surface area contributed by atoms with Gasteiger partial charge in [-0.25, -0.2) is 9.78 Å². The van der Waals surface area contributed by atoms with E-state index < -0.39 is 0 Å². The Labute approximate surface area is 120 Å². The van der Waals surface area contributed by atoms with E-state index in [2.05, 4.69) is 9.97 Å². The molecule has 0 unspecified atom stereocenters. The summed E-state index contributed by atoms with van der Waals surface area (Å²) >= 11 is 7.25. The zero-order valence-electron chi connectivity index (χ0n) is 10.2. The second kappa shape index (κ2) is 6.54. The van der Waals surface area contributed by atoms with Gasteiger partial charge in [0.1, 0.15) is 0 Å². The summed E-state index contributed by atoms with van der Waals surface area (Å²) in [5.41, 5.74) is 1.16. The number of halogens is 1. The van der Waals surface area contributed by atoms with Crippen LogP contribution in [0.4, 0.5) is 0 Å². The molecule has 0 amide bonds. The minimum atomic E-state index is -0.382. The lowest BCUT2D eigenvalue weighted by Crippen LogP contribution is -2.06. The van der Waals surface area contributed by atoms with Gasteiger partial charge in [-0.05, 0) is 24.3 Å². The Kier molecular flexibility index (Phi) is 4.76. The van der Waals surface area contributed by atoms with Crippen LogP contribution in [-0.4, -0.2) is 23.0 Å². The Hall–Kier alpha value is -1.59. The third-order valence-electron chi connectivity index (χ3n) is 2.35. The molecule has 98 valence electrons. The van der Waals surface area contributed by atoms with Crippen molar-refractivity contribution >= 4 is 29.3 Å². The molecule has 0 aromatic carbocycles. The van der Waals surface area contributed by atoms with E-state index in [9.17, 15) is 4.79 Å². The fourth-order valence-corrected chi connectivity index (χ4v) is 2.36. The number of hydrogen-bond acceptors (Lipinski definition) is 5. The fourth-order valence-electron chi connectivity index (χ4n) is 1.44. The molecule has 2 rings (SSSR count). The minimum absolute atomic E-state index is 0.382. The van der Waals surface area contributed by atoms with Crippen molar-refractivity contribution in [3.05, 3.63) is 52.9 Å². The van der Waals surface area contributed by atoms with Crippen molar-refractivity contribution in [3.8, 4) is 0 Å². The van der Waals surface area contributed by atoms with E-state index in [1.54, 1.807) is 30.6 Å². The summed E-state index contributed by atoms with van der Waals surface area (Å²) in [7, 11) is 1.35. The lowest BCUT2D eigenvalue weighted by atomic mass is 10.2. The topological polar surface area (TPSA) is 52.1 Å². The van der Waals surface area contributed by atoms with E-state index in [-0.39, 0.29) is 5.97 Å². The standard InChI is InChI=1S/C13H11ClN2O2S/c1-18-13(17)10-3-2-6-15-11(10)8-19-12-5-4-9(14)7-16-12/h2-7H,8H2,1H3. The van der Waals surface area contributed by atoms with Crippen molar-refractivity contribution in [2.45, 2.75) is 10.8 Å². The van der Waals surface area contributed by atoms with Crippen molar-refractivity contribution in [2.24, 2.45) is 0 Å². The average molecular weight is 295 g/mol. The first-order valence-corrected chi connectivity index (χ1v) is 6.83. The maximum Gasteiger partial charge on any atom is 0.339 e. The van der Waals surface area contributed by atoms with Crippen LogP contribution in [-0.2, 0) is 10.5 Å². The van der Waals surface area contributed by atoms with Gasteiger partial charge in [0, 0.05) is 18.1 Å². The number of methoxy groups -OCH3 is 1. The van der Waals surface area contributed by atoms with Crippen molar-refractivity contribution in [1.82, 2.24) is 9.97 Å². The van der Waals surface area contributed by atoms with Crippen LogP contribution in [0.15, 0.2) is 41.7 Å². The number of rotatable bonds is 4. The van der Waals surface area contributed by atoms with Gasteiger partial charge in [0.15, 0.2) is 0 Å². The van der Waals surface area contributed by atoms with Gasteiger partial charge in [-0.3, -0.25) is 4.98 Å². The first kappa shape index (κ1) is 13.8. The van der Waals surface area contributed by atoms with E-state index in [0.29, 0.717) is 22.0 Å². The van der Waals surface area contributed by atoms with Crippen molar-refractivity contribution in [1.29, 1.82) is 0 Å². The second-order valence-electron chi connectivity index (χ2n) is 3.59. The molecule has 0 radical (unpaired) electrons. The third-order valence-corrected chi connectivity index (χ3v) is 3.53. The van der Waals surface area contributed by atoms with Crippen molar-refractivity contribution in [3.63, 3.8) is 0 Å². The number of carbonyl (C=O) groups is 1. The molecule has 0 aliphatic rings. The van der Waals surface area contributed by atoms with Gasteiger partial charge in [-0.15, -0.1) is 11.8 Å². The summed E-state index contributed by atoms with van der Waals surface area (Å²) < 4.78 is 4.72. The normalized spacial score (nSPS) is 10.2. The summed E-state index contributed by atoms with van der Waals surface area (Å²) in [6.07, 6.45) is 3.24. The molecule has 0 spiro atoms. The number of pyridine rings is 2. The molecule has 0 atom stereocenters. The molecule has 0 saturated heterocycles. The van der Waals surface area contributed by atoms with E-state index in [1.807, 2.05) is 6.07 Å². The van der Waals surface area contributed by atoms with Crippen LogP contribution in [0, 0.1) is 0 Å². The molecule has 2 aromatic rings. The van der Waals surface area contributed by atoms with Crippen molar-refractivity contribution < 1.29 is 9.53 Å². The summed E-state index contributed by atoms with van der Waals surface area (Å²) in [6.45, 7) is 0. The Balaban J connectivity index is 2.11. The summed E-state index contributed by atoms with van der Waals surface area (Å²) in [6, 6.07) is 7.01. The van der Waals surface area contributed by atoms with Crippen LogP contribution in [0.5, 0.6) is 0 Å². The van der Waals surface area contributed by atoms with Gasteiger partial charge < -0.3 is 4.74 Å². The molecule has 19 heavy (non-hydrogen) atoms. The highest BCUT2D eigenvalue weighted by Gasteiger charge is 2.12. The number of thioether (sulfide) groups is 1. The van der Waals surface area contributed by atoms with E-state index in [1.165, 1.54) is 18.9 Å². The van der Waals surface area contributed by atoms with Gasteiger partial charge in [0.25, 0.3) is 0 Å². The molecule has 0 N–H and O–H groups in total. The molecular formula is C13H11ClN2O2S. The molecule has 0 aliphatic heterocycles. The molecule has 0 saturated carbocycles. The lowest BCUT2D eigenvalue weighted by Gasteiger charge is -2.06. The van der Waals surface area contributed by atoms with Crippen LogP contribution < -0.4 is 0 Å². The number of carbonyl (C=O) groups excluding carboxylic acids is 1. The smallest absolute Gasteiger partial charge is 0.339 e. The molecule has 2 heterocycles. The minimum Gasteiger partial charge on any atom is -0.465 e. The zero-order valence-corrected chi connectivity index (χ0v) is 11.7. The molecule has 0 fully saturated rings. The van der Waals surface area contributed by atoms with Gasteiger partial charge in [0.2, 0.25) is 0 Å². The molecule has 0 bridgehead atoms. The Morgan fingerprint density at radius 1 is 1.37 bits per heavy atom. The van der Waals surface area contributed by atoms with Crippen LogP contribution in [0.1, 0.15) is 16.1 Å². The first-order chi connectivity index (χ1) is 9.20. The Morgan fingerprint density at radius 2 is 2.21 bits per heavy atom. The van der Waals surface area contributed by atoms with Gasteiger partial charge in [0.05, 0.1) is 28.4 Å². The highest BCUT2D eigenvalue weighted by atomic mass is 35.5.